The van der Waals surface area contributed by atoms with Gasteiger partial charge < -0.3 is 0 Å². The van der Waals surface area contributed by atoms with Crippen LogP contribution in [0.25, 0.3) is 10.8 Å². The van der Waals surface area contributed by atoms with Crippen molar-refractivity contribution in [2.45, 2.75) is 51.3 Å². The third-order valence-corrected chi connectivity index (χ3v) is 14.5. The predicted octanol–water partition coefficient (Wildman–Crippen LogP) is 7.36. The molecule has 0 saturated carbocycles. The Morgan fingerprint density at radius 2 is 1.03 bits per heavy atom. The fourth-order valence-corrected chi connectivity index (χ4v) is 13.2. The molecular weight excluding hydrogens is 515 g/mol. The molecule has 0 fully saturated rings. The number of hydrogen-bond donors (Lipinski definition) is 0. The summed E-state index contributed by atoms with van der Waals surface area (Å²) in [4.78, 5) is 2.63. The molecule has 5 rings (SSSR count). The fourth-order valence-electron chi connectivity index (χ4n) is 5.58. The quantitative estimate of drug-likeness (QED) is 0.207. The average molecular weight is 549 g/mol. The van der Waals surface area contributed by atoms with Crippen molar-refractivity contribution in [3.8, 4) is 0 Å². The summed E-state index contributed by atoms with van der Waals surface area (Å²) >= 11 is -0.0211. The van der Waals surface area contributed by atoms with Gasteiger partial charge in [0.1, 0.15) is 0 Å². The topological polar surface area (TPSA) is 0 Å². The average Bonchev–Trinajstić information content (AvgIpc) is 2.82. The van der Waals surface area contributed by atoms with Crippen molar-refractivity contribution >= 4 is 50.2 Å². The summed E-state index contributed by atoms with van der Waals surface area (Å²) in [5, 5.41) is 2.75. The van der Waals surface area contributed by atoms with E-state index in [1.165, 1.54) is 58.3 Å². The Labute approximate surface area is 225 Å². The van der Waals surface area contributed by atoms with E-state index in [1.807, 2.05) is 11.8 Å². The van der Waals surface area contributed by atoms with Crippen LogP contribution in [0.1, 0.15) is 33.4 Å². The Kier molecular flexibility index (Phi) is 7.16. The second-order valence-electron chi connectivity index (χ2n) is 9.88. The molecule has 2 heteroatoms. The summed E-state index contributed by atoms with van der Waals surface area (Å²) in [6.07, 6.45) is 0. The first-order valence-electron chi connectivity index (χ1n) is 12.5. The molecule has 180 valence electrons. The Hall–Kier alpha value is -2.73. The van der Waals surface area contributed by atoms with Crippen molar-refractivity contribution in [2.75, 3.05) is 0 Å². The van der Waals surface area contributed by atoms with Crippen LogP contribution >= 0.6 is 11.8 Å². The second-order valence-corrected chi connectivity index (χ2v) is 15.3. The SMILES string of the molecule is Cc1cc(C)c([As](c2c(C)cc(C)cc2C)c2cccc3cccc(Sc4ccccc4)c23)c(C)c1. The molecule has 0 radical (unpaired) electrons. The van der Waals surface area contributed by atoms with E-state index in [-0.39, 0.29) is 0 Å². The molecule has 5 aromatic carbocycles. The Morgan fingerprint density at radius 1 is 0.528 bits per heavy atom. The Morgan fingerprint density at radius 3 is 1.56 bits per heavy atom. The zero-order valence-corrected chi connectivity index (χ0v) is 24.7. The number of fused-ring (bicyclic) bond motifs is 1. The van der Waals surface area contributed by atoms with Crippen LogP contribution in [0.2, 0.25) is 0 Å². The third kappa shape index (κ3) is 4.80. The van der Waals surface area contributed by atoms with Crippen LogP contribution in [0, 0.1) is 41.5 Å². The van der Waals surface area contributed by atoms with Gasteiger partial charge in [-0.25, -0.2) is 0 Å². The molecule has 0 amide bonds. The van der Waals surface area contributed by atoms with Crippen LogP contribution in [0.4, 0.5) is 0 Å². The van der Waals surface area contributed by atoms with Crippen LogP contribution in [0.3, 0.4) is 0 Å². The summed E-state index contributed by atoms with van der Waals surface area (Å²) in [5.74, 6) is 0. The normalized spacial score (nSPS) is 11.4. The van der Waals surface area contributed by atoms with Crippen molar-refractivity contribution in [2.24, 2.45) is 0 Å². The van der Waals surface area contributed by atoms with Crippen molar-refractivity contribution < 1.29 is 0 Å². The summed E-state index contributed by atoms with van der Waals surface area (Å²) in [6, 6.07) is 34.1. The molecule has 0 N–H and O–H groups in total. The first-order valence-corrected chi connectivity index (χ1v) is 16.2. The van der Waals surface area contributed by atoms with Gasteiger partial charge in [-0.3, -0.25) is 0 Å². The number of aryl methyl sites for hydroxylation is 6. The van der Waals surface area contributed by atoms with Crippen molar-refractivity contribution in [3.05, 3.63) is 124 Å². The Balaban J connectivity index is 1.85. The van der Waals surface area contributed by atoms with Gasteiger partial charge in [0, 0.05) is 0 Å². The van der Waals surface area contributed by atoms with Gasteiger partial charge in [-0.1, -0.05) is 0 Å². The van der Waals surface area contributed by atoms with Crippen LogP contribution in [-0.4, -0.2) is 14.7 Å². The van der Waals surface area contributed by atoms with Gasteiger partial charge in [0.2, 0.25) is 0 Å². The molecule has 0 saturated heterocycles. The molecule has 0 spiro atoms. The van der Waals surface area contributed by atoms with Crippen molar-refractivity contribution in [1.29, 1.82) is 0 Å². The third-order valence-electron chi connectivity index (χ3n) is 6.77. The van der Waals surface area contributed by atoms with Gasteiger partial charge in [0.15, 0.2) is 0 Å². The molecule has 0 heterocycles. The fraction of sp³-hybridized carbons (Fsp3) is 0.176. The first-order chi connectivity index (χ1) is 17.3. The molecule has 0 aliphatic heterocycles. The van der Waals surface area contributed by atoms with E-state index in [0.717, 1.165) is 0 Å². The van der Waals surface area contributed by atoms with Gasteiger partial charge in [-0.15, -0.1) is 0 Å². The molecule has 0 atom stereocenters. The summed E-state index contributed by atoms with van der Waals surface area (Å²) in [5.41, 5.74) is 8.40. The van der Waals surface area contributed by atoms with E-state index in [4.69, 9.17) is 0 Å². The molecular formula is C34H33AsS. The molecule has 36 heavy (non-hydrogen) atoms. The maximum absolute atomic E-state index is 2.43. The molecule has 0 aliphatic carbocycles. The van der Waals surface area contributed by atoms with Gasteiger partial charge in [-0.2, -0.15) is 0 Å². The Bertz CT molecular complexity index is 1460. The second kappa shape index (κ2) is 10.3. The standard InChI is InChI=1S/C34H33AsS/c1-22-18-24(3)33(25(4)19-22)35(34-26(5)20-23(2)21-27(34)6)30-16-10-12-28-13-11-17-31(32(28)30)36-29-14-8-7-9-15-29/h7-21H,1-6H3. The molecule has 0 bridgehead atoms. The number of benzene rings is 5. The molecule has 0 nitrogen and oxygen atoms in total. The molecule has 5 aromatic rings. The van der Waals surface area contributed by atoms with Crippen molar-refractivity contribution in [1.82, 2.24) is 0 Å². The van der Waals surface area contributed by atoms with E-state index >= 15 is 0 Å². The zero-order chi connectivity index (χ0) is 25.4. The van der Waals surface area contributed by atoms with Gasteiger partial charge in [-0.05, 0) is 0 Å². The molecule has 0 aromatic heterocycles. The maximum atomic E-state index is 2.43. The van der Waals surface area contributed by atoms with E-state index in [0.29, 0.717) is 0 Å². The van der Waals surface area contributed by atoms with Gasteiger partial charge in [0.05, 0.1) is 0 Å². The van der Waals surface area contributed by atoms with Gasteiger partial charge in [0.25, 0.3) is 0 Å². The van der Waals surface area contributed by atoms with E-state index in [2.05, 4.69) is 133 Å². The predicted molar refractivity (Wildman–Crippen MR) is 160 cm³/mol. The summed E-state index contributed by atoms with van der Waals surface area (Å²) in [7, 11) is 0. The van der Waals surface area contributed by atoms with Crippen LogP contribution in [0.5, 0.6) is 0 Å². The minimum absolute atomic E-state index is 1.28. The minimum atomic E-state index is -1.91. The molecule has 0 aliphatic rings. The first kappa shape index (κ1) is 24.9. The van der Waals surface area contributed by atoms with Crippen molar-refractivity contribution in [3.63, 3.8) is 0 Å². The molecule has 0 unspecified atom stereocenters. The monoisotopic (exact) mass is 548 g/mol. The van der Waals surface area contributed by atoms with Crippen LogP contribution in [0.15, 0.2) is 101 Å². The van der Waals surface area contributed by atoms with E-state index in [9.17, 15) is 0 Å². The van der Waals surface area contributed by atoms with Gasteiger partial charge >= 0.3 is 226 Å². The van der Waals surface area contributed by atoms with Crippen LogP contribution in [-0.2, 0) is 0 Å². The summed E-state index contributed by atoms with van der Waals surface area (Å²) < 4.78 is 4.69. The number of hydrogen-bond acceptors (Lipinski definition) is 1. The van der Waals surface area contributed by atoms with Crippen LogP contribution < -0.4 is 13.1 Å². The van der Waals surface area contributed by atoms with E-state index in [1.54, 1.807) is 8.70 Å². The van der Waals surface area contributed by atoms with E-state index < -0.39 is 14.7 Å². The number of rotatable bonds is 5. The summed E-state index contributed by atoms with van der Waals surface area (Å²) in [6.45, 7) is 13.7. The zero-order valence-electron chi connectivity index (χ0n) is 22.0.